The number of methoxy groups -OCH3 is 1. The molecule has 0 aliphatic carbocycles. The number of nitrogens with one attached hydrogen (secondary N) is 3. The molecule has 8 nitrogen and oxygen atoms in total. The van der Waals surface area contributed by atoms with Crippen molar-refractivity contribution in [3.8, 4) is 11.5 Å². The molecular formula is C20H22FN3O5. The standard InChI is InChI=1S/C20H22FN3O5/c1-12(2)19(26)23-24-20(27)13-4-9-16(17(10-13)28-3)29-11-18(25)22-15-7-5-14(21)6-8-15/h4-10,12H,11H2,1-3H3,(H,22,25)(H,23,26)(H,24,27). The third-order valence-corrected chi connectivity index (χ3v) is 3.74. The van der Waals surface area contributed by atoms with Gasteiger partial charge in [-0.1, -0.05) is 13.8 Å². The lowest BCUT2D eigenvalue weighted by molar-refractivity contribution is -0.124. The van der Waals surface area contributed by atoms with Gasteiger partial charge in [-0.25, -0.2) is 4.39 Å². The van der Waals surface area contributed by atoms with Crippen molar-refractivity contribution in [2.45, 2.75) is 13.8 Å². The molecule has 154 valence electrons. The van der Waals surface area contributed by atoms with Crippen molar-refractivity contribution in [2.75, 3.05) is 19.0 Å². The number of amides is 3. The molecule has 9 heteroatoms. The molecule has 0 heterocycles. The van der Waals surface area contributed by atoms with E-state index in [9.17, 15) is 18.8 Å². The van der Waals surface area contributed by atoms with E-state index in [0.717, 1.165) is 0 Å². The van der Waals surface area contributed by atoms with Crippen LogP contribution in [0.15, 0.2) is 42.5 Å². The number of carbonyl (C=O) groups is 3. The monoisotopic (exact) mass is 403 g/mol. The Morgan fingerprint density at radius 3 is 2.31 bits per heavy atom. The van der Waals surface area contributed by atoms with Crippen molar-refractivity contribution >= 4 is 23.4 Å². The summed E-state index contributed by atoms with van der Waals surface area (Å²) >= 11 is 0. The summed E-state index contributed by atoms with van der Waals surface area (Å²) in [4.78, 5) is 35.6. The SMILES string of the molecule is COc1cc(C(=O)NNC(=O)C(C)C)ccc1OCC(=O)Nc1ccc(F)cc1. The minimum absolute atomic E-state index is 0.231. The number of hydrogen-bond donors (Lipinski definition) is 3. The van der Waals surface area contributed by atoms with Crippen LogP contribution in [0.3, 0.4) is 0 Å². The highest BCUT2D eigenvalue weighted by molar-refractivity contribution is 5.96. The molecule has 29 heavy (non-hydrogen) atoms. The summed E-state index contributed by atoms with van der Waals surface area (Å²) in [5, 5.41) is 2.57. The van der Waals surface area contributed by atoms with Crippen LogP contribution in [0.5, 0.6) is 11.5 Å². The van der Waals surface area contributed by atoms with Crippen LogP contribution in [0.2, 0.25) is 0 Å². The zero-order valence-corrected chi connectivity index (χ0v) is 16.2. The first-order chi connectivity index (χ1) is 13.8. The molecule has 0 bridgehead atoms. The Kier molecular flexibility index (Phi) is 7.53. The predicted molar refractivity (Wildman–Crippen MR) is 104 cm³/mol. The smallest absolute Gasteiger partial charge is 0.269 e. The Morgan fingerprint density at radius 2 is 1.69 bits per heavy atom. The molecule has 0 fully saturated rings. The second-order valence-corrected chi connectivity index (χ2v) is 6.31. The molecular weight excluding hydrogens is 381 g/mol. The van der Waals surface area contributed by atoms with Crippen molar-refractivity contribution in [2.24, 2.45) is 5.92 Å². The Bertz CT molecular complexity index is 884. The summed E-state index contributed by atoms with van der Waals surface area (Å²) in [6, 6.07) is 9.68. The van der Waals surface area contributed by atoms with Gasteiger partial charge in [0, 0.05) is 17.2 Å². The first kappa shape index (κ1) is 21.7. The molecule has 0 saturated heterocycles. The molecule has 3 amide bonds. The molecule has 0 radical (unpaired) electrons. The molecule has 2 rings (SSSR count). The minimum atomic E-state index is -0.530. The number of hydrogen-bond acceptors (Lipinski definition) is 5. The van der Waals surface area contributed by atoms with Crippen LogP contribution in [-0.4, -0.2) is 31.4 Å². The molecule has 3 N–H and O–H groups in total. The van der Waals surface area contributed by atoms with Crippen molar-refractivity contribution in [3.05, 3.63) is 53.8 Å². The summed E-state index contributed by atoms with van der Waals surface area (Å²) in [5.41, 5.74) is 5.28. The van der Waals surface area contributed by atoms with Crippen LogP contribution in [0.25, 0.3) is 0 Å². The van der Waals surface area contributed by atoms with Gasteiger partial charge in [-0.2, -0.15) is 0 Å². The third-order valence-electron chi connectivity index (χ3n) is 3.74. The highest BCUT2D eigenvalue weighted by Gasteiger charge is 2.14. The summed E-state index contributed by atoms with van der Waals surface area (Å²) in [5.74, 6) is -1.49. The highest BCUT2D eigenvalue weighted by atomic mass is 19.1. The summed E-state index contributed by atoms with van der Waals surface area (Å²) in [6.07, 6.45) is 0. The fourth-order valence-electron chi connectivity index (χ4n) is 2.14. The normalized spacial score (nSPS) is 10.2. The number of ether oxygens (including phenoxy) is 2. The topological polar surface area (TPSA) is 106 Å². The second kappa shape index (κ2) is 10.1. The Balaban J connectivity index is 1.95. The maximum absolute atomic E-state index is 12.9. The molecule has 0 saturated carbocycles. The van der Waals surface area contributed by atoms with Crippen LogP contribution < -0.4 is 25.6 Å². The van der Waals surface area contributed by atoms with E-state index in [4.69, 9.17) is 9.47 Å². The number of benzene rings is 2. The Hall–Kier alpha value is -3.62. The predicted octanol–water partition coefficient (Wildman–Crippen LogP) is 2.27. The average molecular weight is 403 g/mol. The molecule has 0 aromatic heterocycles. The minimum Gasteiger partial charge on any atom is -0.493 e. The lowest BCUT2D eigenvalue weighted by Crippen LogP contribution is -2.43. The van der Waals surface area contributed by atoms with Gasteiger partial charge in [-0.15, -0.1) is 0 Å². The first-order valence-electron chi connectivity index (χ1n) is 8.76. The zero-order chi connectivity index (χ0) is 21.4. The fourth-order valence-corrected chi connectivity index (χ4v) is 2.14. The maximum Gasteiger partial charge on any atom is 0.269 e. The van der Waals surface area contributed by atoms with Crippen LogP contribution >= 0.6 is 0 Å². The van der Waals surface area contributed by atoms with Gasteiger partial charge in [0.2, 0.25) is 5.91 Å². The fraction of sp³-hybridized carbons (Fsp3) is 0.250. The summed E-state index contributed by atoms with van der Waals surface area (Å²) in [6.45, 7) is 3.08. The van der Waals surface area contributed by atoms with E-state index in [1.54, 1.807) is 13.8 Å². The average Bonchev–Trinajstić information content (AvgIpc) is 2.71. The molecule has 0 aliphatic heterocycles. The summed E-state index contributed by atoms with van der Waals surface area (Å²) < 4.78 is 23.5. The molecule has 0 aliphatic rings. The zero-order valence-electron chi connectivity index (χ0n) is 16.2. The van der Waals surface area contributed by atoms with Crippen molar-refractivity contribution < 1.29 is 28.2 Å². The van der Waals surface area contributed by atoms with E-state index in [1.165, 1.54) is 49.6 Å². The van der Waals surface area contributed by atoms with E-state index in [1.807, 2.05) is 0 Å². The van der Waals surface area contributed by atoms with E-state index in [2.05, 4.69) is 16.2 Å². The maximum atomic E-state index is 12.9. The molecule has 2 aromatic carbocycles. The number of carbonyl (C=O) groups excluding carboxylic acids is 3. The van der Waals surface area contributed by atoms with Gasteiger partial charge in [-0.3, -0.25) is 25.2 Å². The molecule has 0 unspecified atom stereocenters. The van der Waals surface area contributed by atoms with Crippen LogP contribution in [-0.2, 0) is 9.59 Å². The lowest BCUT2D eigenvalue weighted by atomic mass is 10.2. The lowest BCUT2D eigenvalue weighted by Gasteiger charge is -2.13. The van der Waals surface area contributed by atoms with Gasteiger partial charge in [0.25, 0.3) is 11.8 Å². The van der Waals surface area contributed by atoms with E-state index < -0.39 is 17.6 Å². The van der Waals surface area contributed by atoms with Crippen molar-refractivity contribution in [1.82, 2.24) is 10.9 Å². The first-order valence-corrected chi connectivity index (χ1v) is 8.76. The second-order valence-electron chi connectivity index (χ2n) is 6.31. The summed E-state index contributed by atoms with van der Waals surface area (Å²) in [7, 11) is 1.39. The van der Waals surface area contributed by atoms with Gasteiger partial charge < -0.3 is 14.8 Å². The number of rotatable bonds is 7. The number of halogens is 1. The van der Waals surface area contributed by atoms with Crippen LogP contribution in [0.1, 0.15) is 24.2 Å². The van der Waals surface area contributed by atoms with Crippen molar-refractivity contribution in [1.29, 1.82) is 0 Å². The molecule has 0 atom stereocenters. The van der Waals surface area contributed by atoms with Crippen LogP contribution in [0.4, 0.5) is 10.1 Å². The number of anilines is 1. The Labute approximate surface area is 167 Å². The third kappa shape index (κ3) is 6.49. The van der Waals surface area contributed by atoms with E-state index in [-0.39, 0.29) is 35.5 Å². The van der Waals surface area contributed by atoms with Crippen molar-refractivity contribution in [3.63, 3.8) is 0 Å². The quantitative estimate of drug-likeness (QED) is 0.615. The van der Waals surface area contributed by atoms with E-state index >= 15 is 0 Å². The van der Waals surface area contributed by atoms with Gasteiger partial charge in [-0.05, 0) is 42.5 Å². The van der Waals surface area contributed by atoms with E-state index in [0.29, 0.717) is 5.69 Å². The Morgan fingerprint density at radius 1 is 1.00 bits per heavy atom. The largest absolute Gasteiger partial charge is 0.493 e. The van der Waals surface area contributed by atoms with Gasteiger partial charge in [0.15, 0.2) is 18.1 Å². The van der Waals surface area contributed by atoms with Crippen LogP contribution in [0, 0.1) is 11.7 Å². The van der Waals surface area contributed by atoms with Gasteiger partial charge >= 0.3 is 0 Å². The van der Waals surface area contributed by atoms with Gasteiger partial charge in [0.05, 0.1) is 7.11 Å². The molecule has 2 aromatic rings. The highest BCUT2D eigenvalue weighted by Crippen LogP contribution is 2.28. The number of hydrazine groups is 1. The molecule has 0 spiro atoms. The van der Waals surface area contributed by atoms with Gasteiger partial charge in [0.1, 0.15) is 5.82 Å².